The number of H-pyrrole nitrogens is 1. The Morgan fingerprint density at radius 2 is 2.10 bits per heavy atom. The maximum atomic E-state index is 13.2. The van der Waals surface area contributed by atoms with E-state index in [4.69, 9.17) is 0 Å². The van der Waals surface area contributed by atoms with Gasteiger partial charge in [-0.2, -0.15) is 0 Å². The number of likely N-dealkylation sites (tertiary alicyclic amines) is 1. The van der Waals surface area contributed by atoms with E-state index in [9.17, 15) is 23.2 Å². The number of benzene rings is 1. The third-order valence-electron chi connectivity index (χ3n) is 5.01. The van der Waals surface area contributed by atoms with Gasteiger partial charge in [-0.25, -0.2) is 13.8 Å². The average Bonchev–Trinajstić information content (AvgIpc) is 2.73. The van der Waals surface area contributed by atoms with Gasteiger partial charge in [0.25, 0.3) is 11.5 Å². The highest BCUT2D eigenvalue weighted by Crippen LogP contribution is 2.22. The van der Waals surface area contributed by atoms with Gasteiger partial charge in [-0.05, 0) is 42.9 Å². The quantitative estimate of drug-likeness (QED) is 0.770. The van der Waals surface area contributed by atoms with Gasteiger partial charge in [0.2, 0.25) is 5.91 Å². The summed E-state index contributed by atoms with van der Waals surface area (Å²) in [4.78, 5) is 44.2. The largest absolute Gasteiger partial charge is 0.352 e. The molecular formula is C20H22F2N4O3. The van der Waals surface area contributed by atoms with Gasteiger partial charge in [-0.15, -0.1) is 0 Å². The Labute approximate surface area is 166 Å². The maximum absolute atomic E-state index is 13.2. The molecule has 1 atom stereocenters. The standard InChI is InChI=1S/C20H22F2N4O3/c21-16-5-3-14(8-17(16)22)9-24-18(27)6-4-13-2-1-7-26(11-13)20(29)15-10-23-12-25-19(15)28/h3,5,8,10,12-13H,1-2,4,6-7,9,11H2,(H,24,27)(H,23,25,28)/t13-/m1/s1. The van der Waals surface area contributed by atoms with Crippen LogP contribution in [0.25, 0.3) is 0 Å². The van der Waals surface area contributed by atoms with Gasteiger partial charge in [0.05, 0.1) is 6.33 Å². The van der Waals surface area contributed by atoms with Gasteiger partial charge in [0, 0.05) is 32.3 Å². The number of nitrogens with zero attached hydrogens (tertiary/aromatic N) is 2. The molecule has 9 heteroatoms. The van der Waals surface area contributed by atoms with Crippen LogP contribution in [-0.2, 0) is 11.3 Å². The van der Waals surface area contributed by atoms with Crippen LogP contribution in [0.4, 0.5) is 8.78 Å². The molecule has 0 unspecified atom stereocenters. The number of hydrogen-bond acceptors (Lipinski definition) is 4. The van der Waals surface area contributed by atoms with Gasteiger partial charge < -0.3 is 15.2 Å². The second kappa shape index (κ2) is 9.40. The maximum Gasteiger partial charge on any atom is 0.263 e. The van der Waals surface area contributed by atoms with E-state index in [1.807, 2.05) is 0 Å². The highest BCUT2D eigenvalue weighted by Gasteiger charge is 2.26. The van der Waals surface area contributed by atoms with Crippen molar-refractivity contribution in [2.24, 2.45) is 5.92 Å². The molecule has 1 aliphatic heterocycles. The molecule has 1 aliphatic rings. The van der Waals surface area contributed by atoms with Crippen LogP contribution in [-0.4, -0.2) is 39.8 Å². The predicted octanol–water partition coefficient (Wildman–Crippen LogP) is 2.00. The van der Waals surface area contributed by atoms with Crippen LogP contribution in [0, 0.1) is 17.6 Å². The van der Waals surface area contributed by atoms with Crippen LogP contribution >= 0.6 is 0 Å². The van der Waals surface area contributed by atoms with Crippen molar-refractivity contribution in [3.05, 3.63) is 63.8 Å². The number of carbonyl (C=O) groups excluding carboxylic acids is 2. The molecule has 2 heterocycles. The van der Waals surface area contributed by atoms with Gasteiger partial charge in [0.15, 0.2) is 11.6 Å². The number of nitrogens with one attached hydrogen (secondary N) is 2. The topological polar surface area (TPSA) is 95.2 Å². The lowest BCUT2D eigenvalue weighted by atomic mass is 9.93. The van der Waals surface area contributed by atoms with Crippen molar-refractivity contribution in [3.63, 3.8) is 0 Å². The number of hydrogen-bond donors (Lipinski definition) is 2. The molecule has 154 valence electrons. The number of amides is 2. The molecule has 2 N–H and O–H groups in total. The zero-order valence-electron chi connectivity index (χ0n) is 15.8. The molecule has 1 saturated heterocycles. The second-order valence-corrected chi connectivity index (χ2v) is 7.12. The lowest BCUT2D eigenvalue weighted by Crippen LogP contribution is -2.42. The molecule has 0 aliphatic carbocycles. The van der Waals surface area contributed by atoms with Crippen LogP contribution in [0.1, 0.15) is 41.6 Å². The first-order valence-electron chi connectivity index (χ1n) is 9.46. The summed E-state index contributed by atoms with van der Waals surface area (Å²) >= 11 is 0. The van der Waals surface area contributed by atoms with Crippen LogP contribution < -0.4 is 10.9 Å². The zero-order valence-corrected chi connectivity index (χ0v) is 15.8. The minimum absolute atomic E-state index is 0.0115. The molecule has 7 nitrogen and oxygen atoms in total. The SMILES string of the molecule is O=C(CC[C@H]1CCCN(C(=O)c2cnc[nH]c2=O)C1)NCc1ccc(F)c(F)c1. The Kier molecular flexibility index (Phi) is 6.69. The van der Waals surface area contributed by atoms with Crippen molar-refractivity contribution >= 4 is 11.8 Å². The van der Waals surface area contributed by atoms with Gasteiger partial charge in [-0.3, -0.25) is 14.4 Å². The van der Waals surface area contributed by atoms with E-state index in [0.717, 1.165) is 25.0 Å². The fourth-order valence-electron chi connectivity index (χ4n) is 3.43. The first-order valence-corrected chi connectivity index (χ1v) is 9.46. The summed E-state index contributed by atoms with van der Waals surface area (Å²) in [6.07, 6.45) is 5.04. The Morgan fingerprint density at radius 1 is 1.28 bits per heavy atom. The van der Waals surface area contributed by atoms with Crippen LogP contribution in [0.5, 0.6) is 0 Å². The smallest absolute Gasteiger partial charge is 0.263 e. The summed E-state index contributed by atoms with van der Waals surface area (Å²) < 4.78 is 26.1. The third kappa shape index (κ3) is 5.46. The van der Waals surface area contributed by atoms with E-state index >= 15 is 0 Å². The lowest BCUT2D eigenvalue weighted by Gasteiger charge is -2.32. The summed E-state index contributed by atoms with van der Waals surface area (Å²) in [6, 6.07) is 3.50. The minimum atomic E-state index is -0.948. The van der Waals surface area contributed by atoms with Gasteiger partial charge in [0.1, 0.15) is 5.56 Å². The molecule has 1 fully saturated rings. The highest BCUT2D eigenvalue weighted by atomic mass is 19.2. The Hall–Kier alpha value is -3.10. The normalized spacial score (nSPS) is 16.5. The Balaban J connectivity index is 1.47. The van der Waals surface area contributed by atoms with E-state index in [1.165, 1.54) is 18.6 Å². The Bertz CT molecular complexity index is 947. The summed E-state index contributed by atoms with van der Waals surface area (Å²) in [6.45, 7) is 1.16. The van der Waals surface area contributed by atoms with Crippen molar-refractivity contribution in [2.45, 2.75) is 32.2 Å². The number of piperidine rings is 1. The fraction of sp³-hybridized carbons (Fsp3) is 0.400. The summed E-state index contributed by atoms with van der Waals surface area (Å²) in [7, 11) is 0. The minimum Gasteiger partial charge on any atom is -0.352 e. The first kappa shape index (κ1) is 20.6. The average molecular weight is 404 g/mol. The van der Waals surface area contributed by atoms with E-state index in [2.05, 4.69) is 15.3 Å². The molecule has 1 aromatic carbocycles. The van der Waals surface area contributed by atoms with Crippen molar-refractivity contribution in [1.82, 2.24) is 20.2 Å². The van der Waals surface area contributed by atoms with Crippen molar-refractivity contribution in [2.75, 3.05) is 13.1 Å². The van der Waals surface area contributed by atoms with E-state index in [1.54, 1.807) is 4.90 Å². The molecule has 0 spiro atoms. The number of aromatic amines is 1. The van der Waals surface area contributed by atoms with Crippen LogP contribution in [0.2, 0.25) is 0 Å². The van der Waals surface area contributed by atoms with Gasteiger partial charge >= 0.3 is 0 Å². The zero-order chi connectivity index (χ0) is 20.8. The first-order chi connectivity index (χ1) is 13.9. The van der Waals surface area contributed by atoms with E-state index in [-0.39, 0.29) is 36.3 Å². The fourth-order valence-corrected chi connectivity index (χ4v) is 3.43. The molecule has 2 aromatic rings. The van der Waals surface area contributed by atoms with Gasteiger partial charge in [-0.1, -0.05) is 6.07 Å². The number of aromatic nitrogens is 2. The molecule has 0 bridgehead atoms. The van der Waals surface area contributed by atoms with Crippen molar-refractivity contribution in [3.8, 4) is 0 Å². The molecule has 3 rings (SSSR count). The predicted molar refractivity (Wildman–Crippen MR) is 101 cm³/mol. The summed E-state index contributed by atoms with van der Waals surface area (Å²) in [5.74, 6) is -2.27. The van der Waals surface area contributed by atoms with Crippen LogP contribution in [0.15, 0.2) is 35.5 Å². The molecular weight excluding hydrogens is 382 g/mol. The summed E-state index contributed by atoms with van der Waals surface area (Å²) in [5, 5.41) is 2.69. The highest BCUT2D eigenvalue weighted by molar-refractivity contribution is 5.93. The molecule has 1 aromatic heterocycles. The summed E-state index contributed by atoms with van der Waals surface area (Å²) in [5.41, 5.74) is 0.0227. The molecule has 2 amide bonds. The molecule has 0 saturated carbocycles. The number of rotatable bonds is 6. The lowest BCUT2D eigenvalue weighted by molar-refractivity contribution is -0.121. The monoisotopic (exact) mass is 404 g/mol. The second-order valence-electron chi connectivity index (χ2n) is 7.12. The number of carbonyl (C=O) groups is 2. The molecule has 29 heavy (non-hydrogen) atoms. The van der Waals surface area contributed by atoms with Crippen LogP contribution in [0.3, 0.4) is 0 Å². The van der Waals surface area contributed by atoms with E-state index in [0.29, 0.717) is 25.1 Å². The number of halogens is 2. The van der Waals surface area contributed by atoms with E-state index < -0.39 is 17.2 Å². The Morgan fingerprint density at radius 3 is 2.86 bits per heavy atom. The van der Waals surface area contributed by atoms with Crippen molar-refractivity contribution < 1.29 is 18.4 Å². The van der Waals surface area contributed by atoms with Crippen molar-refractivity contribution in [1.29, 1.82) is 0 Å². The third-order valence-corrected chi connectivity index (χ3v) is 5.01. The molecule has 0 radical (unpaired) electrons.